The number of aliphatic carboxylic acids is 1. The molecule has 0 aliphatic heterocycles. The van der Waals surface area contributed by atoms with Crippen LogP contribution in [0.3, 0.4) is 0 Å². The predicted molar refractivity (Wildman–Crippen MR) is 75.2 cm³/mol. The van der Waals surface area contributed by atoms with Crippen molar-refractivity contribution in [3.8, 4) is 0 Å². The number of unbranched alkanes of at least 4 members (excludes halogenated alkanes) is 1. The molecule has 0 spiro atoms. The summed E-state index contributed by atoms with van der Waals surface area (Å²) in [7, 11) is 0. The van der Waals surface area contributed by atoms with Gasteiger partial charge in [-0.1, -0.05) is 62.6 Å². The Balaban J connectivity index is 0. The Hall–Kier alpha value is -0.427. The summed E-state index contributed by atoms with van der Waals surface area (Å²) < 4.78 is 0. The monoisotopic (exact) mass is 444 g/mol. The van der Waals surface area contributed by atoms with Crippen LogP contribution in [0.2, 0.25) is 0 Å². The van der Waals surface area contributed by atoms with Crippen LogP contribution in [0.15, 0.2) is 30.3 Å². The van der Waals surface area contributed by atoms with Crippen molar-refractivity contribution in [1.29, 1.82) is 0 Å². The van der Waals surface area contributed by atoms with Gasteiger partial charge in [-0.2, -0.15) is 0 Å². The smallest absolute Gasteiger partial charge is 0.550 e. The number of carbonyl (C=O) groups excluding carboxylic acids is 1. The van der Waals surface area contributed by atoms with E-state index in [-0.39, 0.29) is 32.1 Å². The fourth-order valence-electron chi connectivity index (χ4n) is 1.47. The molecule has 0 fully saturated rings. The summed E-state index contributed by atoms with van der Waals surface area (Å²) in [6.45, 7) is 6.03. The van der Waals surface area contributed by atoms with Crippen LogP contribution in [-0.2, 0) is 4.79 Å². The van der Waals surface area contributed by atoms with E-state index < -0.39 is 5.97 Å². The van der Waals surface area contributed by atoms with E-state index in [1.165, 1.54) is 5.56 Å². The maximum atomic E-state index is 10.3. The van der Waals surface area contributed by atoms with Gasteiger partial charge in [0.2, 0.25) is 0 Å². The number of carboxylic acid groups (broad SMARTS) is 1. The van der Waals surface area contributed by atoms with E-state index in [9.17, 15) is 9.90 Å². The molecule has 2 radical (unpaired) electrons. The molecule has 1 atom stereocenters. The predicted octanol–water partition coefficient (Wildman–Crippen LogP) is 2.57. The van der Waals surface area contributed by atoms with Crippen LogP contribution in [0.4, 0.5) is 0 Å². The van der Waals surface area contributed by atoms with Crippen LogP contribution in [0.1, 0.15) is 45.1 Å². The molecule has 2 nitrogen and oxygen atoms in total. The normalized spacial score (nSPS) is 10.6. The van der Waals surface area contributed by atoms with Crippen molar-refractivity contribution in [3.05, 3.63) is 35.9 Å². The molecule has 0 aliphatic carbocycles. The van der Waals surface area contributed by atoms with E-state index in [2.05, 4.69) is 26.0 Å². The number of benzene rings is 1. The molecule has 0 heterocycles. The van der Waals surface area contributed by atoms with Crippen molar-refractivity contribution in [1.82, 2.24) is 0 Å². The fourth-order valence-corrected chi connectivity index (χ4v) is 1.47. The van der Waals surface area contributed by atoms with Crippen molar-refractivity contribution in [3.63, 3.8) is 0 Å². The Bertz CT molecular complexity index is 299. The Morgan fingerprint density at radius 2 is 1.78 bits per heavy atom. The summed E-state index contributed by atoms with van der Waals surface area (Å²) in [6.07, 6.45) is 3.52. The molecule has 3 heteroatoms. The van der Waals surface area contributed by atoms with Crippen molar-refractivity contribution >= 4 is 32.2 Å². The molecule has 0 amide bonds. The summed E-state index contributed by atoms with van der Waals surface area (Å²) in [5, 5.41) is 10.3. The molecule has 0 saturated heterocycles. The van der Waals surface area contributed by atoms with Gasteiger partial charge in [-0.15, -0.1) is 0 Å². The molecule has 1 rings (SSSR count). The van der Waals surface area contributed by atoms with Crippen LogP contribution in [0.5, 0.6) is 0 Å². The molecule has 1 aromatic carbocycles. The molecule has 0 N–H and O–H groups in total. The first-order valence-electron chi connectivity index (χ1n) is 6.34. The minimum absolute atomic E-state index is 0. The molecular formula is C15H23BiO2+2. The molecule has 0 bridgehead atoms. The third-order valence-electron chi connectivity index (χ3n) is 2.67. The minimum Gasteiger partial charge on any atom is -0.550 e. The number of hydrogen-bond acceptors (Lipinski definition) is 2. The number of hydrogen-bond donors (Lipinski definition) is 0. The zero-order valence-corrected chi connectivity index (χ0v) is 15.0. The first-order valence-corrected chi connectivity index (χ1v) is 6.34. The fraction of sp³-hybridized carbons (Fsp3) is 0.533. The quantitative estimate of drug-likeness (QED) is 0.656. The van der Waals surface area contributed by atoms with Gasteiger partial charge in [0, 0.05) is 5.97 Å². The summed E-state index contributed by atoms with van der Waals surface area (Å²) in [4.78, 5) is 10.3. The second kappa shape index (κ2) is 13.0. The van der Waals surface area contributed by atoms with E-state index in [1.54, 1.807) is 0 Å². The van der Waals surface area contributed by atoms with Gasteiger partial charge in [-0.25, -0.2) is 0 Å². The zero-order valence-electron chi connectivity index (χ0n) is 11.6. The maximum absolute atomic E-state index is 10.3. The van der Waals surface area contributed by atoms with E-state index in [4.69, 9.17) is 0 Å². The molecule has 1 aromatic rings. The van der Waals surface area contributed by atoms with Gasteiger partial charge in [0.25, 0.3) is 0 Å². The summed E-state index contributed by atoms with van der Waals surface area (Å²) in [5.74, 6) is -1.11. The molecule has 1 unspecified atom stereocenters. The second-order valence-electron chi connectivity index (χ2n) is 4.22. The standard InChI is InChI=1S/C8H16O2.C7H8.Bi/c1-3-5-6-7(4-2)8(9)10;1-7-5-3-2-4-6-7;/h7H,3-6H2,1-2H3,(H,9,10);2-6H,1H3;/q;;+3/p-1. The molecule has 0 aromatic heterocycles. The van der Waals surface area contributed by atoms with Crippen LogP contribution >= 0.6 is 0 Å². The third kappa shape index (κ3) is 10.7. The molecular weight excluding hydrogens is 421 g/mol. The van der Waals surface area contributed by atoms with Crippen LogP contribution in [0.25, 0.3) is 0 Å². The van der Waals surface area contributed by atoms with Gasteiger partial charge in [-0.3, -0.25) is 0 Å². The van der Waals surface area contributed by atoms with Crippen LogP contribution in [-0.4, -0.2) is 32.2 Å². The van der Waals surface area contributed by atoms with Crippen molar-refractivity contribution in [2.24, 2.45) is 5.92 Å². The Morgan fingerprint density at radius 3 is 2.06 bits per heavy atom. The molecule has 18 heavy (non-hydrogen) atoms. The molecule has 98 valence electrons. The number of rotatable bonds is 5. The zero-order chi connectivity index (χ0) is 13.1. The van der Waals surface area contributed by atoms with E-state index in [1.807, 2.05) is 25.1 Å². The minimum atomic E-state index is -0.893. The Kier molecular flexibility index (Phi) is 14.4. The van der Waals surface area contributed by atoms with Gasteiger partial charge in [0.15, 0.2) is 0 Å². The van der Waals surface area contributed by atoms with Gasteiger partial charge < -0.3 is 9.90 Å². The molecule has 0 aliphatic rings. The largest absolute Gasteiger partial charge is 3.00 e. The van der Waals surface area contributed by atoms with E-state index in [0.29, 0.717) is 6.42 Å². The Morgan fingerprint density at radius 1 is 1.22 bits per heavy atom. The average molecular weight is 444 g/mol. The summed E-state index contributed by atoms with van der Waals surface area (Å²) in [5.41, 5.74) is 1.32. The van der Waals surface area contributed by atoms with E-state index in [0.717, 1.165) is 19.3 Å². The average Bonchev–Trinajstić information content (AvgIpc) is 2.31. The van der Waals surface area contributed by atoms with Crippen molar-refractivity contribution in [2.45, 2.75) is 46.5 Å². The van der Waals surface area contributed by atoms with Crippen molar-refractivity contribution < 1.29 is 9.90 Å². The molecule has 0 saturated carbocycles. The maximum Gasteiger partial charge on any atom is 3.00 e. The van der Waals surface area contributed by atoms with Gasteiger partial charge in [-0.05, 0) is 25.7 Å². The van der Waals surface area contributed by atoms with Gasteiger partial charge in [0.1, 0.15) is 0 Å². The number of aryl methyl sites for hydroxylation is 1. The third-order valence-corrected chi connectivity index (χ3v) is 2.67. The van der Waals surface area contributed by atoms with Crippen LogP contribution < -0.4 is 5.11 Å². The van der Waals surface area contributed by atoms with Gasteiger partial charge >= 0.3 is 26.2 Å². The van der Waals surface area contributed by atoms with Gasteiger partial charge in [0.05, 0.1) is 0 Å². The second-order valence-corrected chi connectivity index (χ2v) is 4.22. The van der Waals surface area contributed by atoms with E-state index >= 15 is 0 Å². The summed E-state index contributed by atoms with van der Waals surface area (Å²) >= 11 is 0. The Labute approximate surface area is 130 Å². The number of carboxylic acids is 1. The first kappa shape index (κ1) is 19.9. The SMILES string of the molecule is CCCCC(CC)C(=O)[O-].Cc1ccccc1.[Bi+3]. The van der Waals surface area contributed by atoms with Crippen molar-refractivity contribution in [2.75, 3.05) is 0 Å². The number of carbonyl (C=O) groups is 1. The summed E-state index contributed by atoms with van der Waals surface area (Å²) in [6, 6.07) is 10.3. The first-order chi connectivity index (χ1) is 8.11. The topological polar surface area (TPSA) is 40.1 Å². The van der Waals surface area contributed by atoms with Crippen LogP contribution in [0, 0.1) is 12.8 Å².